The zero-order chi connectivity index (χ0) is 31.3. The predicted molar refractivity (Wildman–Crippen MR) is 211 cm³/mol. The van der Waals surface area contributed by atoms with Crippen LogP contribution in [0.4, 0.5) is 11.4 Å². The molecule has 0 radical (unpaired) electrons. The Morgan fingerprint density at radius 1 is 0.565 bits per heavy atom. The second-order valence-corrected chi connectivity index (χ2v) is 21.0. The SMILES string of the molecule is C.CC[Si](CC)(CC)c1ccc(CN(c2ccccc2)C2CCCCC2)s1.c1ccc(N(Cc2cccs2)C2CCCCC2)cc1. The average molecular weight is 673 g/mol. The van der Waals surface area contributed by atoms with E-state index < -0.39 is 8.07 Å². The number of anilines is 2. The molecule has 0 amide bonds. The lowest BCUT2D eigenvalue weighted by atomic mass is 9.93. The molecular formula is C41H60N2S2Si. The summed E-state index contributed by atoms with van der Waals surface area (Å²) < 4.78 is 1.73. The van der Waals surface area contributed by atoms with Crippen molar-refractivity contribution in [1.82, 2.24) is 0 Å². The third-order valence-electron chi connectivity index (χ3n) is 10.7. The van der Waals surface area contributed by atoms with Crippen LogP contribution in [0.25, 0.3) is 0 Å². The molecule has 5 heteroatoms. The molecule has 46 heavy (non-hydrogen) atoms. The number of nitrogens with zero attached hydrogens (tertiary/aromatic N) is 2. The standard InChI is InChI=1S/C23H35NSSi.C17H21NS.CH4/c1-4-26(5-2,6-3)23-18-17-22(25-23)19-24(20-13-9-7-10-14-20)21-15-11-8-12-16-21;1-3-8-15(9-4-1)18(14-17-12-7-13-19-17)16-10-5-2-6-11-16;/h7,9-10,13-14,17-18,21H,4-6,8,11-12,15-16,19H2,1-3H3;1,3-4,7-9,12-13,16H,2,5-6,10-11,14H2;1H4. The van der Waals surface area contributed by atoms with Crippen molar-refractivity contribution in [3.8, 4) is 0 Å². The monoisotopic (exact) mass is 672 g/mol. The maximum atomic E-state index is 2.70. The fourth-order valence-corrected chi connectivity index (χ4v) is 14.6. The molecule has 4 aromatic rings. The maximum Gasteiger partial charge on any atom is 0.0987 e. The summed E-state index contributed by atoms with van der Waals surface area (Å²) in [6.45, 7) is 9.39. The van der Waals surface area contributed by atoms with Crippen LogP contribution in [0.5, 0.6) is 0 Å². The molecule has 2 heterocycles. The van der Waals surface area contributed by atoms with Gasteiger partial charge in [-0.15, -0.1) is 22.7 Å². The van der Waals surface area contributed by atoms with E-state index in [2.05, 4.69) is 132 Å². The van der Waals surface area contributed by atoms with Crippen molar-refractivity contribution in [2.75, 3.05) is 9.80 Å². The van der Waals surface area contributed by atoms with Gasteiger partial charge >= 0.3 is 0 Å². The van der Waals surface area contributed by atoms with Crippen LogP contribution in [-0.2, 0) is 13.1 Å². The van der Waals surface area contributed by atoms with Gasteiger partial charge in [0.15, 0.2) is 0 Å². The van der Waals surface area contributed by atoms with Crippen LogP contribution in [-0.4, -0.2) is 20.2 Å². The highest BCUT2D eigenvalue weighted by Crippen LogP contribution is 2.32. The minimum atomic E-state index is -1.24. The third kappa shape index (κ3) is 9.61. The van der Waals surface area contributed by atoms with Crippen LogP contribution in [0.2, 0.25) is 18.1 Å². The predicted octanol–water partition coefficient (Wildman–Crippen LogP) is 12.5. The zero-order valence-corrected chi connectivity index (χ0v) is 30.8. The molecule has 0 unspecified atom stereocenters. The summed E-state index contributed by atoms with van der Waals surface area (Å²) in [4.78, 5) is 8.34. The number of para-hydroxylation sites is 2. The van der Waals surface area contributed by atoms with Gasteiger partial charge in [-0.25, -0.2) is 0 Å². The largest absolute Gasteiger partial charge is 0.363 e. The topological polar surface area (TPSA) is 6.48 Å². The molecule has 0 saturated heterocycles. The number of thiophene rings is 2. The van der Waals surface area contributed by atoms with E-state index in [1.165, 1.54) is 98.6 Å². The Kier molecular flexibility index (Phi) is 15.0. The normalized spacial score (nSPS) is 15.8. The molecule has 2 aliphatic carbocycles. The van der Waals surface area contributed by atoms with Crippen LogP contribution in [0.1, 0.15) is 102 Å². The van der Waals surface area contributed by atoms with E-state index in [0.717, 1.165) is 19.1 Å². The van der Waals surface area contributed by atoms with Crippen molar-refractivity contribution < 1.29 is 0 Å². The Hall–Kier alpha value is -2.34. The zero-order valence-electron chi connectivity index (χ0n) is 28.1. The molecule has 2 aromatic carbocycles. The molecule has 0 N–H and O–H groups in total. The van der Waals surface area contributed by atoms with Crippen LogP contribution in [0.3, 0.4) is 0 Å². The molecule has 6 rings (SSSR count). The van der Waals surface area contributed by atoms with Crippen LogP contribution in [0.15, 0.2) is 90.3 Å². The minimum absolute atomic E-state index is 0. The van der Waals surface area contributed by atoms with E-state index in [0.29, 0.717) is 6.04 Å². The van der Waals surface area contributed by atoms with Gasteiger partial charge in [-0.05, 0) is 72.0 Å². The van der Waals surface area contributed by atoms with Crippen molar-refractivity contribution >= 4 is 46.6 Å². The van der Waals surface area contributed by atoms with Gasteiger partial charge in [-0.1, -0.05) is 133 Å². The van der Waals surface area contributed by atoms with Crippen LogP contribution < -0.4 is 14.3 Å². The summed E-state index contributed by atoms with van der Waals surface area (Å²) in [7, 11) is -1.24. The van der Waals surface area contributed by atoms with Gasteiger partial charge in [-0.3, -0.25) is 0 Å². The van der Waals surface area contributed by atoms with Gasteiger partial charge in [0, 0.05) is 33.2 Å². The van der Waals surface area contributed by atoms with Gasteiger partial charge < -0.3 is 9.80 Å². The lowest BCUT2D eigenvalue weighted by Gasteiger charge is -2.36. The van der Waals surface area contributed by atoms with Crippen LogP contribution in [0, 0.1) is 0 Å². The van der Waals surface area contributed by atoms with Crippen molar-refractivity contribution in [2.45, 2.75) is 136 Å². The summed E-state index contributed by atoms with van der Waals surface area (Å²) in [5, 5.41) is 2.18. The number of hydrogen-bond donors (Lipinski definition) is 0. The second kappa shape index (κ2) is 18.9. The molecular weight excluding hydrogens is 613 g/mol. The minimum Gasteiger partial charge on any atom is -0.363 e. The Morgan fingerprint density at radius 2 is 1.04 bits per heavy atom. The molecule has 2 aliphatic rings. The Labute approximate surface area is 290 Å². The van der Waals surface area contributed by atoms with E-state index in [1.54, 1.807) is 9.38 Å². The van der Waals surface area contributed by atoms with Crippen LogP contribution >= 0.6 is 22.7 Å². The highest BCUT2D eigenvalue weighted by atomic mass is 32.1. The van der Waals surface area contributed by atoms with Gasteiger partial charge in [0.1, 0.15) is 0 Å². The molecule has 2 fully saturated rings. The van der Waals surface area contributed by atoms with Gasteiger partial charge in [0.2, 0.25) is 0 Å². The Balaban J connectivity index is 0.000000213. The van der Waals surface area contributed by atoms with E-state index in [9.17, 15) is 0 Å². The van der Waals surface area contributed by atoms with Gasteiger partial charge in [-0.2, -0.15) is 0 Å². The molecule has 0 atom stereocenters. The summed E-state index contributed by atoms with van der Waals surface area (Å²) in [6, 6.07) is 36.9. The molecule has 2 aromatic heterocycles. The van der Waals surface area contributed by atoms with Gasteiger partial charge in [0.05, 0.1) is 21.2 Å². The summed E-state index contributed by atoms with van der Waals surface area (Å²) in [6.07, 6.45) is 13.8. The first kappa shape index (κ1) is 36.5. The first-order valence-corrected chi connectivity index (χ1v) is 22.2. The molecule has 0 bridgehead atoms. The second-order valence-electron chi connectivity index (χ2n) is 13.2. The molecule has 0 aliphatic heterocycles. The van der Waals surface area contributed by atoms with Crippen molar-refractivity contribution in [3.63, 3.8) is 0 Å². The quantitative estimate of drug-likeness (QED) is 0.138. The lowest BCUT2D eigenvalue weighted by molar-refractivity contribution is 0.414. The molecule has 0 spiro atoms. The molecule has 2 nitrogen and oxygen atoms in total. The first-order valence-electron chi connectivity index (χ1n) is 17.9. The number of benzene rings is 2. The van der Waals surface area contributed by atoms with Gasteiger partial charge in [0.25, 0.3) is 0 Å². The van der Waals surface area contributed by atoms with E-state index >= 15 is 0 Å². The van der Waals surface area contributed by atoms with Crippen molar-refractivity contribution in [1.29, 1.82) is 0 Å². The third-order valence-corrected chi connectivity index (χ3v) is 19.3. The highest BCUT2D eigenvalue weighted by Gasteiger charge is 2.31. The molecule has 250 valence electrons. The Morgan fingerprint density at radius 3 is 1.48 bits per heavy atom. The summed E-state index contributed by atoms with van der Waals surface area (Å²) in [5.41, 5.74) is 2.78. The van der Waals surface area contributed by atoms with Crippen molar-refractivity contribution in [2.24, 2.45) is 0 Å². The van der Waals surface area contributed by atoms with E-state index in [4.69, 9.17) is 0 Å². The lowest BCUT2D eigenvalue weighted by Crippen LogP contribution is -2.43. The Bertz CT molecular complexity index is 1330. The fourth-order valence-electron chi connectivity index (χ4n) is 7.65. The van der Waals surface area contributed by atoms with Crippen molar-refractivity contribution in [3.05, 3.63) is 100 Å². The maximum absolute atomic E-state index is 2.70. The highest BCUT2D eigenvalue weighted by molar-refractivity contribution is 7.27. The summed E-state index contributed by atoms with van der Waals surface area (Å²) in [5.74, 6) is 0. The molecule has 2 saturated carbocycles. The smallest absolute Gasteiger partial charge is 0.0987 e. The number of hydrogen-bond acceptors (Lipinski definition) is 4. The fraction of sp³-hybridized carbons (Fsp3) is 0.512. The van der Waals surface area contributed by atoms with E-state index in [1.807, 2.05) is 11.3 Å². The average Bonchev–Trinajstić information content (AvgIpc) is 3.82. The first-order chi connectivity index (χ1) is 22.2. The number of rotatable bonds is 12. The van der Waals surface area contributed by atoms with E-state index in [-0.39, 0.29) is 7.43 Å². The summed E-state index contributed by atoms with van der Waals surface area (Å²) >= 11 is 3.99.